The predicted octanol–water partition coefficient (Wildman–Crippen LogP) is 2.43. The van der Waals surface area contributed by atoms with E-state index in [-0.39, 0.29) is 5.75 Å². The van der Waals surface area contributed by atoms with E-state index in [1.54, 1.807) is 24.3 Å². The zero-order valence-corrected chi connectivity index (χ0v) is 9.67. The van der Waals surface area contributed by atoms with Crippen molar-refractivity contribution in [3.63, 3.8) is 0 Å². The Bertz CT molecular complexity index is 523. The molecule has 92 valence electrons. The molecule has 0 aliphatic heterocycles. The van der Waals surface area contributed by atoms with Crippen molar-refractivity contribution in [2.75, 3.05) is 0 Å². The number of phenolic OH excluding ortho intramolecular Hbond substituents is 1. The van der Waals surface area contributed by atoms with E-state index in [2.05, 4.69) is 5.32 Å². The largest absolute Gasteiger partial charge is 0.508 e. The van der Waals surface area contributed by atoms with E-state index in [0.717, 1.165) is 5.56 Å². The van der Waals surface area contributed by atoms with E-state index >= 15 is 0 Å². The van der Waals surface area contributed by atoms with Crippen LogP contribution in [-0.2, 0) is 11.3 Å². The van der Waals surface area contributed by atoms with Gasteiger partial charge in [0, 0.05) is 12.6 Å². The van der Waals surface area contributed by atoms with Crippen molar-refractivity contribution in [3.8, 4) is 17.2 Å². The molecule has 0 bridgehead atoms. The molecule has 0 saturated carbocycles. The Balaban J connectivity index is 2.04. The minimum Gasteiger partial charge on any atom is -0.508 e. The second-order valence-electron chi connectivity index (χ2n) is 3.74. The van der Waals surface area contributed by atoms with Crippen molar-refractivity contribution in [1.29, 1.82) is 0 Å². The third-order valence-corrected chi connectivity index (χ3v) is 2.37. The normalized spacial score (nSPS) is 9.78. The predicted molar refractivity (Wildman–Crippen MR) is 67.5 cm³/mol. The molecule has 1 amide bonds. The summed E-state index contributed by atoms with van der Waals surface area (Å²) in [5.74, 6) is 1.42. The summed E-state index contributed by atoms with van der Waals surface area (Å²) >= 11 is 0. The summed E-state index contributed by atoms with van der Waals surface area (Å²) in [5.41, 5.74) is 0.991. The number of rotatable bonds is 5. The number of phenols is 1. The fraction of sp³-hybridized carbons (Fsp3) is 0.0714. The van der Waals surface area contributed by atoms with E-state index in [4.69, 9.17) is 4.74 Å². The molecule has 0 aromatic heterocycles. The number of carbonyl (C=O) groups is 1. The minimum atomic E-state index is 0.166. The summed E-state index contributed by atoms with van der Waals surface area (Å²) in [6.45, 7) is 0.496. The first-order valence-corrected chi connectivity index (χ1v) is 5.51. The molecule has 0 unspecified atom stereocenters. The van der Waals surface area contributed by atoms with Crippen molar-refractivity contribution in [3.05, 3.63) is 54.1 Å². The smallest absolute Gasteiger partial charge is 0.207 e. The molecule has 18 heavy (non-hydrogen) atoms. The third-order valence-electron chi connectivity index (χ3n) is 2.37. The van der Waals surface area contributed by atoms with Crippen LogP contribution in [0.3, 0.4) is 0 Å². The maximum Gasteiger partial charge on any atom is 0.207 e. The number of aromatic hydroxyl groups is 1. The molecular weight excluding hydrogens is 230 g/mol. The number of hydrogen-bond donors (Lipinski definition) is 2. The number of carbonyl (C=O) groups excluding carboxylic acids is 1. The first-order valence-electron chi connectivity index (χ1n) is 5.51. The van der Waals surface area contributed by atoms with Crippen LogP contribution in [0.15, 0.2) is 48.5 Å². The Kier molecular flexibility index (Phi) is 3.81. The maximum atomic E-state index is 10.2. The van der Waals surface area contributed by atoms with Gasteiger partial charge in [-0.3, -0.25) is 4.79 Å². The first-order chi connectivity index (χ1) is 8.78. The molecule has 4 heteroatoms. The molecular formula is C14H13NO3. The SMILES string of the molecule is O=CNCc1ccc(Oc2cccc(O)c2)cc1. The van der Waals surface area contributed by atoms with Crippen LogP contribution in [-0.4, -0.2) is 11.5 Å². The lowest BCUT2D eigenvalue weighted by Gasteiger charge is -2.07. The van der Waals surface area contributed by atoms with Gasteiger partial charge in [0.25, 0.3) is 0 Å². The molecule has 0 fully saturated rings. The van der Waals surface area contributed by atoms with E-state index < -0.39 is 0 Å². The summed E-state index contributed by atoms with van der Waals surface area (Å²) in [6, 6.07) is 14.0. The average Bonchev–Trinajstić information content (AvgIpc) is 2.38. The molecule has 2 aromatic carbocycles. The highest BCUT2D eigenvalue weighted by Crippen LogP contribution is 2.24. The van der Waals surface area contributed by atoms with Crippen LogP contribution in [0.1, 0.15) is 5.56 Å². The van der Waals surface area contributed by atoms with Crippen LogP contribution < -0.4 is 10.1 Å². The van der Waals surface area contributed by atoms with Gasteiger partial charge in [-0.25, -0.2) is 0 Å². The zero-order chi connectivity index (χ0) is 12.8. The Morgan fingerprint density at radius 3 is 2.56 bits per heavy atom. The Labute approximate surface area is 105 Å². The Morgan fingerprint density at radius 2 is 1.89 bits per heavy atom. The number of amides is 1. The first kappa shape index (κ1) is 12.0. The number of nitrogens with one attached hydrogen (secondary N) is 1. The number of hydrogen-bond acceptors (Lipinski definition) is 3. The molecule has 0 heterocycles. The van der Waals surface area contributed by atoms with Gasteiger partial charge in [-0.2, -0.15) is 0 Å². The minimum absolute atomic E-state index is 0.166. The fourth-order valence-electron chi connectivity index (χ4n) is 1.52. The molecule has 2 aromatic rings. The molecule has 2 rings (SSSR count). The molecule has 0 spiro atoms. The van der Waals surface area contributed by atoms with Crippen LogP contribution >= 0.6 is 0 Å². The van der Waals surface area contributed by atoms with Gasteiger partial charge in [0.05, 0.1) is 0 Å². The van der Waals surface area contributed by atoms with Crippen molar-refractivity contribution in [1.82, 2.24) is 5.32 Å². The summed E-state index contributed by atoms with van der Waals surface area (Å²) in [7, 11) is 0. The fourth-order valence-corrected chi connectivity index (χ4v) is 1.52. The van der Waals surface area contributed by atoms with E-state index in [1.807, 2.05) is 24.3 Å². The lowest BCUT2D eigenvalue weighted by Crippen LogP contribution is -2.09. The quantitative estimate of drug-likeness (QED) is 0.793. The monoisotopic (exact) mass is 243 g/mol. The van der Waals surface area contributed by atoms with Crippen molar-refractivity contribution >= 4 is 6.41 Å². The van der Waals surface area contributed by atoms with E-state index in [0.29, 0.717) is 24.5 Å². The van der Waals surface area contributed by atoms with Crippen LogP contribution in [0.5, 0.6) is 17.2 Å². The van der Waals surface area contributed by atoms with Crippen LogP contribution in [0, 0.1) is 0 Å². The lowest BCUT2D eigenvalue weighted by molar-refractivity contribution is -0.109. The molecule has 0 aliphatic carbocycles. The standard InChI is InChI=1S/C14H13NO3/c16-10-15-9-11-4-6-13(7-5-11)18-14-3-1-2-12(17)8-14/h1-8,10,17H,9H2,(H,15,16). The maximum absolute atomic E-state index is 10.2. The molecule has 2 N–H and O–H groups in total. The highest BCUT2D eigenvalue weighted by molar-refractivity contribution is 5.46. The van der Waals surface area contributed by atoms with Crippen molar-refractivity contribution < 1.29 is 14.6 Å². The zero-order valence-electron chi connectivity index (χ0n) is 9.67. The lowest BCUT2D eigenvalue weighted by atomic mass is 10.2. The van der Waals surface area contributed by atoms with Crippen LogP contribution in [0.4, 0.5) is 0 Å². The topological polar surface area (TPSA) is 58.6 Å². The molecule has 0 saturated heterocycles. The number of ether oxygens (including phenoxy) is 1. The van der Waals surface area contributed by atoms with Crippen LogP contribution in [0.25, 0.3) is 0 Å². The second kappa shape index (κ2) is 5.72. The molecule has 0 radical (unpaired) electrons. The summed E-state index contributed by atoms with van der Waals surface area (Å²) in [4.78, 5) is 10.2. The Hall–Kier alpha value is -2.49. The van der Waals surface area contributed by atoms with Gasteiger partial charge in [0.15, 0.2) is 0 Å². The van der Waals surface area contributed by atoms with Crippen LogP contribution in [0.2, 0.25) is 0 Å². The third kappa shape index (κ3) is 3.25. The summed E-state index contributed by atoms with van der Waals surface area (Å²) in [6.07, 6.45) is 0.664. The summed E-state index contributed by atoms with van der Waals surface area (Å²) < 4.78 is 5.57. The van der Waals surface area contributed by atoms with Gasteiger partial charge in [-0.1, -0.05) is 18.2 Å². The van der Waals surface area contributed by atoms with Crippen molar-refractivity contribution in [2.45, 2.75) is 6.54 Å². The molecule has 0 aliphatic rings. The van der Waals surface area contributed by atoms with Gasteiger partial charge in [0.2, 0.25) is 6.41 Å². The number of benzene rings is 2. The van der Waals surface area contributed by atoms with Gasteiger partial charge in [0.1, 0.15) is 17.2 Å². The van der Waals surface area contributed by atoms with Crippen molar-refractivity contribution in [2.24, 2.45) is 0 Å². The van der Waals surface area contributed by atoms with E-state index in [1.165, 1.54) is 0 Å². The van der Waals surface area contributed by atoms with Gasteiger partial charge in [-0.15, -0.1) is 0 Å². The highest BCUT2D eigenvalue weighted by Gasteiger charge is 1.99. The van der Waals surface area contributed by atoms with Gasteiger partial charge >= 0.3 is 0 Å². The molecule has 0 atom stereocenters. The van der Waals surface area contributed by atoms with Gasteiger partial charge < -0.3 is 15.2 Å². The van der Waals surface area contributed by atoms with Gasteiger partial charge in [-0.05, 0) is 29.8 Å². The average molecular weight is 243 g/mol. The Morgan fingerprint density at radius 1 is 1.11 bits per heavy atom. The van der Waals surface area contributed by atoms with E-state index in [9.17, 15) is 9.90 Å². The molecule has 4 nitrogen and oxygen atoms in total. The summed E-state index contributed by atoms with van der Waals surface area (Å²) in [5, 5.41) is 11.9. The highest BCUT2D eigenvalue weighted by atomic mass is 16.5. The second-order valence-corrected chi connectivity index (χ2v) is 3.74.